The first-order valence-corrected chi connectivity index (χ1v) is 10.5. The summed E-state index contributed by atoms with van der Waals surface area (Å²) in [5, 5.41) is 15.5. The molecule has 2 heterocycles. The van der Waals surface area contributed by atoms with Crippen LogP contribution in [0.1, 0.15) is 70.4 Å². The van der Waals surface area contributed by atoms with Crippen molar-refractivity contribution in [2.24, 2.45) is 5.92 Å². The third kappa shape index (κ3) is 3.61. The minimum absolute atomic E-state index is 0.0670. The lowest BCUT2D eigenvalue weighted by atomic mass is 9.39. The third-order valence-electron chi connectivity index (χ3n) is 5.82. The summed E-state index contributed by atoms with van der Waals surface area (Å²) in [6.45, 7) is 10.2. The van der Waals surface area contributed by atoms with E-state index in [-0.39, 0.29) is 34.9 Å². The largest absolute Gasteiger partial charge is 0.491 e. The molecule has 3 aliphatic carbocycles. The topological polar surface area (TPSA) is 112 Å². The molecule has 1 N–H and O–H groups in total. The highest BCUT2D eigenvalue weighted by molar-refractivity contribution is 5.77. The number of rotatable bonds is 8. The number of nitrogens with one attached hydrogen (secondary N) is 1. The standard InChI is InChI=1S/C21H29N5O4/c1-12(2)8-29-15-6-17(28)26(25-18(15)13(3)4)7-16(27)22-21-9-20(10-21,11-21)19-24-23-14(5)30-19/h6,12-13H,7-11H2,1-5H3,(H,22,27). The van der Waals surface area contributed by atoms with Gasteiger partial charge in [-0.25, -0.2) is 4.68 Å². The molecule has 30 heavy (non-hydrogen) atoms. The predicted molar refractivity (Wildman–Crippen MR) is 108 cm³/mol. The van der Waals surface area contributed by atoms with E-state index in [0.29, 0.717) is 35.7 Å². The average molecular weight is 415 g/mol. The zero-order chi connectivity index (χ0) is 21.7. The van der Waals surface area contributed by atoms with Crippen LogP contribution >= 0.6 is 0 Å². The van der Waals surface area contributed by atoms with Gasteiger partial charge in [-0.2, -0.15) is 5.10 Å². The number of amides is 1. The molecule has 3 fully saturated rings. The van der Waals surface area contributed by atoms with Crippen LogP contribution in [0.25, 0.3) is 0 Å². The lowest BCUT2D eigenvalue weighted by Gasteiger charge is -2.68. The molecular weight excluding hydrogens is 386 g/mol. The number of hydrogen-bond donors (Lipinski definition) is 1. The Morgan fingerprint density at radius 1 is 1.27 bits per heavy atom. The molecular formula is C21H29N5O4. The van der Waals surface area contributed by atoms with Gasteiger partial charge in [0.2, 0.25) is 17.7 Å². The third-order valence-corrected chi connectivity index (χ3v) is 5.82. The summed E-state index contributed by atoms with van der Waals surface area (Å²) in [6, 6.07) is 1.44. The van der Waals surface area contributed by atoms with Crippen LogP contribution in [0.15, 0.2) is 15.3 Å². The van der Waals surface area contributed by atoms with Gasteiger partial charge in [-0.15, -0.1) is 10.2 Å². The second-order valence-corrected chi connectivity index (χ2v) is 9.51. The van der Waals surface area contributed by atoms with Crippen molar-refractivity contribution in [3.63, 3.8) is 0 Å². The summed E-state index contributed by atoms with van der Waals surface area (Å²) in [6.07, 6.45) is 2.36. The molecule has 1 amide bonds. The maximum absolute atomic E-state index is 12.6. The Hall–Kier alpha value is -2.71. The van der Waals surface area contributed by atoms with E-state index >= 15 is 0 Å². The molecule has 9 heteroatoms. The molecule has 2 bridgehead atoms. The molecule has 2 aromatic heterocycles. The van der Waals surface area contributed by atoms with Gasteiger partial charge in [-0.1, -0.05) is 27.7 Å². The van der Waals surface area contributed by atoms with Crippen molar-refractivity contribution in [2.45, 2.75) is 77.3 Å². The average Bonchev–Trinajstić information content (AvgIpc) is 3.02. The van der Waals surface area contributed by atoms with Crippen molar-refractivity contribution in [1.29, 1.82) is 0 Å². The van der Waals surface area contributed by atoms with Crippen molar-refractivity contribution in [3.05, 3.63) is 33.9 Å². The monoisotopic (exact) mass is 415 g/mol. The van der Waals surface area contributed by atoms with Crippen LogP contribution in [-0.4, -0.2) is 38.0 Å². The van der Waals surface area contributed by atoms with Gasteiger partial charge in [-0.05, 0) is 25.2 Å². The van der Waals surface area contributed by atoms with Crippen LogP contribution in [-0.2, 0) is 16.8 Å². The number of ether oxygens (including phenoxy) is 1. The van der Waals surface area contributed by atoms with Crippen molar-refractivity contribution in [1.82, 2.24) is 25.3 Å². The van der Waals surface area contributed by atoms with E-state index in [2.05, 4.69) is 20.6 Å². The zero-order valence-corrected chi connectivity index (χ0v) is 18.2. The van der Waals surface area contributed by atoms with Crippen LogP contribution in [0, 0.1) is 12.8 Å². The fourth-order valence-electron chi connectivity index (χ4n) is 4.50. The summed E-state index contributed by atoms with van der Waals surface area (Å²) < 4.78 is 12.6. The minimum atomic E-state index is -0.344. The first kappa shape index (κ1) is 20.6. The molecule has 0 saturated heterocycles. The lowest BCUT2D eigenvalue weighted by molar-refractivity contribution is -0.142. The van der Waals surface area contributed by atoms with Crippen molar-refractivity contribution in [3.8, 4) is 5.75 Å². The van der Waals surface area contributed by atoms with Gasteiger partial charge in [-0.3, -0.25) is 9.59 Å². The van der Waals surface area contributed by atoms with Gasteiger partial charge < -0.3 is 14.5 Å². The maximum Gasteiger partial charge on any atom is 0.270 e. The maximum atomic E-state index is 12.6. The van der Waals surface area contributed by atoms with Crippen molar-refractivity contribution >= 4 is 5.91 Å². The highest BCUT2D eigenvalue weighted by atomic mass is 16.5. The first-order valence-electron chi connectivity index (χ1n) is 10.5. The number of nitrogens with zero attached hydrogens (tertiary/aromatic N) is 4. The predicted octanol–water partition coefficient (Wildman–Crippen LogP) is 2.08. The second kappa shape index (κ2) is 7.21. The Balaban J connectivity index is 1.40. The van der Waals surface area contributed by atoms with Gasteiger partial charge in [0.1, 0.15) is 18.0 Å². The summed E-state index contributed by atoms with van der Waals surface area (Å²) in [7, 11) is 0. The molecule has 0 atom stereocenters. The molecule has 0 spiro atoms. The highest BCUT2D eigenvalue weighted by Gasteiger charge is 2.71. The lowest BCUT2D eigenvalue weighted by Crippen LogP contribution is -2.77. The van der Waals surface area contributed by atoms with Crippen molar-refractivity contribution in [2.75, 3.05) is 6.61 Å². The summed E-state index contributed by atoms with van der Waals surface area (Å²) in [5.74, 6) is 1.90. The quantitative estimate of drug-likeness (QED) is 0.702. The smallest absolute Gasteiger partial charge is 0.270 e. The minimum Gasteiger partial charge on any atom is -0.491 e. The fraction of sp³-hybridized carbons (Fsp3) is 0.667. The van der Waals surface area contributed by atoms with Gasteiger partial charge in [0.25, 0.3) is 5.56 Å². The van der Waals surface area contributed by atoms with E-state index in [1.165, 1.54) is 10.7 Å². The molecule has 2 aromatic rings. The molecule has 0 aromatic carbocycles. The molecule has 5 rings (SSSR count). The molecule has 0 unspecified atom stereocenters. The molecule has 3 aliphatic rings. The van der Waals surface area contributed by atoms with Gasteiger partial charge in [0, 0.05) is 24.4 Å². The second-order valence-electron chi connectivity index (χ2n) is 9.51. The van der Waals surface area contributed by atoms with E-state index in [4.69, 9.17) is 9.15 Å². The van der Waals surface area contributed by atoms with E-state index in [9.17, 15) is 9.59 Å². The number of aryl methyl sites for hydroxylation is 1. The van der Waals surface area contributed by atoms with Crippen LogP contribution in [0.5, 0.6) is 5.75 Å². The Bertz CT molecular complexity index is 1000. The Morgan fingerprint density at radius 2 is 1.97 bits per heavy atom. The van der Waals surface area contributed by atoms with Crippen LogP contribution in [0.4, 0.5) is 0 Å². The first-order chi connectivity index (χ1) is 14.1. The number of hydrogen-bond acceptors (Lipinski definition) is 7. The van der Waals surface area contributed by atoms with Gasteiger partial charge in [0.05, 0.1) is 12.0 Å². The summed E-state index contributed by atoms with van der Waals surface area (Å²) >= 11 is 0. The molecule has 9 nitrogen and oxygen atoms in total. The van der Waals surface area contributed by atoms with Crippen LogP contribution in [0.3, 0.4) is 0 Å². The molecule has 0 aliphatic heterocycles. The van der Waals surface area contributed by atoms with Gasteiger partial charge >= 0.3 is 0 Å². The fourth-order valence-corrected chi connectivity index (χ4v) is 4.50. The normalized spacial score (nSPS) is 24.5. The number of aromatic nitrogens is 4. The van der Waals surface area contributed by atoms with Crippen molar-refractivity contribution < 1.29 is 13.9 Å². The molecule has 162 valence electrons. The van der Waals surface area contributed by atoms with E-state index in [1.807, 2.05) is 27.7 Å². The Kier molecular flexibility index (Phi) is 4.94. The van der Waals surface area contributed by atoms with Crippen LogP contribution < -0.4 is 15.6 Å². The van der Waals surface area contributed by atoms with Crippen LogP contribution in [0.2, 0.25) is 0 Å². The van der Waals surface area contributed by atoms with E-state index in [0.717, 1.165) is 19.3 Å². The molecule has 3 saturated carbocycles. The van der Waals surface area contributed by atoms with E-state index in [1.54, 1.807) is 6.92 Å². The van der Waals surface area contributed by atoms with E-state index < -0.39 is 0 Å². The SMILES string of the molecule is Cc1nnc(C23CC(NC(=O)Cn4nc(C(C)C)c(OCC(C)C)cc4=O)(C2)C3)o1. The number of carbonyl (C=O) groups is 1. The highest BCUT2D eigenvalue weighted by Crippen LogP contribution is 2.67. The Labute approximate surface area is 175 Å². The number of carbonyl (C=O) groups excluding carboxylic acids is 1. The van der Waals surface area contributed by atoms with Gasteiger partial charge in [0.15, 0.2) is 0 Å². The summed E-state index contributed by atoms with van der Waals surface area (Å²) in [4.78, 5) is 25.1. The molecule has 0 radical (unpaired) electrons. The zero-order valence-electron chi connectivity index (χ0n) is 18.2. The Morgan fingerprint density at radius 3 is 2.53 bits per heavy atom. The summed E-state index contributed by atoms with van der Waals surface area (Å²) in [5.41, 5.74) is 0.0108.